The van der Waals surface area contributed by atoms with Crippen LogP contribution in [0.5, 0.6) is 0 Å². The summed E-state index contributed by atoms with van der Waals surface area (Å²) in [6, 6.07) is 66.5. The highest BCUT2D eigenvalue weighted by Crippen LogP contribution is 2.49. The van der Waals surface area contributed by atoms with Crippen molar-refractivity contribution >= 4 is 43.1 Å². The zero-order valence-corrected chi connectivity index (χ0v) is 25.3. The molecule has 0 fully saturated rings. The van der Waals surface area contributed by atoms with Crippen LogP contribution < -0.4 is 0 Å². The molecule has 9 rings (SSSR count). The highest BCUT2D eigenvalue weighted by atomic mass is 14.2. The van der Waals surface area contributed by atoms with Crippen LogP contribution in [0.15, 0.2) is 182 Å². The average molecular weight is 583 g/mol. The molecule has 9 aromatic carbocycles. The summed E-state index contributed by atoms with van der Waals surface area (Å²) in [7, 11) is 0. The van der Waals surface area contributed by atoms with Crippen molar-refractivity contribution in [1.82, 2.24) is 0 Å². The largest absolute Gasteiger partial charge is 0.0622 e. The van der Waals surface area contributed by atoms with E-state index in [1.807, 2.05) is 0 Å². The van der Waals surface area contributed by atoms with E-state index in [1.165, 1.54) is 87.6 Å². The summed E-state index contributed by atoms with van der Waals surface area (Å²) in [6.45, 7) is 0. The van der Waals surface area contributed by atoms with Crippen molar-refractivity contribution in [3.05, 3.63) is 182 Å². The Hall–Kier alpha value is -5.98. The molecule has 0 aliphatic carbocycles. The highest BCUT2D eigenvalue weighted by molar-refractivity contribution is 6.26. The second-order valence-corrected chi connectivity index (χ2v) is 12.0. The topological polar surface area (TPSA) is 0 Å². The lowest BCUT2D eigenvalue weighted by atomic mass is 9.81. The van der Waals surface area contributed by atoms with Gasteiger partial charge in [-0.25, -0.2) is 0 Å². The molecule has 214 valence electrons. The first-order valence-electron chi connectivity index (χ1n) is 16.0. The molecule has 0 bridgehead atoms. The minimum absolute atomic E-state index is 1.22. The van der Waals surface area contributed by atoms with Gasteiger partial charge in [0.2, 0.25) is 0 Å². The van der Waals surface area contributed by atoms with Gasteiger partial charge >= 0.3 is 0 Å². The maximum absolute atomic E-state index is 2.45. The van der Waals surface area contributed by atoms with Crippen molar-refractivity contribution < 1.29 is 0 Å². The van der Waals surface area contributed by atoms with E-state index < -0.39 is 0 Å². The summed E-state index contributed by atoms with van der Waals surface area (Å²) in [5, 5.41) is 10.1. The molecule has 0 unspecified atom stereocenters. The van der Waals surface area contributed by atoms with Gasteiger partial charge in [-0.1, -0.05) is 176 Å². The second kappa shape index (κ2) is 10.9. The lowest BCUT2D eigenvalue weighted by molar-refractivity contribution is 1.60. The van der Waals surface area contributed by atoms with Crippen molar-refractivity contribution in [3.8, 4) is 44.5 Å². The molecular weight excluding hydrogens is 553 g/mol. The Bertz CT molecular complexity index is 2500. The van der Waals surface area contributed by atoms with Crippen LogP contribution in [0.1, 0.15) is 0 Å². The van der Waals surface area contributed by atoms with Gasteiger partial charge < -0.3 is 0 Å². The van der Waals surface area contributed by atoms with Gasteiger partial charge in [-0.05, 0) is 93.7 Å². The SMILES string of the molecule is c1ccc(-c2cc(-c3c4ccccc4c(-c4cccc5ccccc45)c4ccccc34)c3ccccc3c2-c2ccccc2)cc1. The Morgan fingerprint density at radius 1 is 0.217 bits per heavy atom. The third kappa shape index (κ3) is 4.15. The van der Waals surface area contributed by atoms with Crippen LogP contribution in [0.4, 0.5) is 0 Å². The number of rotatable bonds is 4. The van der Waals surface area contributed by atoms with E-state index in [2.05, 4.69) is 182 Å². The van der Waals surface area contributed by atoms with Crippen molar-refractivity contribution in [1.29, 1.82) is 0 Å². The van der Waals surface area contributed by atoms with Crippen molar-refractivity contribution in [3.63, 3.8) is 0 Å². The molecule has 0 heterocycles. The molecule has 0 aliphatic heterocycles. The predicted molar refractivity (Wildman–Crippen MR) is 198 cm³/mol. The van der Waals surface area contributed by atoms with Crippen molar-refractivity contribution in [2.45, 2.75) is 0 Å². The highest BCUT2D eigenvalue weighted by Gasteiger charge is 2.22. The fraction of sp³-hybridized carbons (Fsp3) is 0. The smallest absolute Gasteiger partial charge is 0.00199 e. The molecule has 0 radical (unpaired) electrons. The van der Waals surface area contributed by atoms with E-state index in [0.29, 0.717) is 0 Å². The molecule has 46 heavy (non-hydrogen) atoms. The summed E-state index contributed by atoms with van der Waals surface area (Å²) < 4.78 is 0. The molecule has 0 saturated heterocycles. The fourth-order valence-corrected chi connectivity index (χ4v) is 7.50. The normalized spacial score (nSPS) is 11.5. The molecule has 0 amide bonds. The van der Waals surface area contributed by atoms with E-state index in [9.17, 15) is 0 Å². The van der Waals surface area contributed by atoms with E-state index in [-0.39, 0.29) is 0 Å². The number of hydrogen-bond acceptors (Lipinski definition) is 0. The van der Waals surface area contributed by atoms with Gasteiger partial charge in [0.25, 0.3) is 0 Å². The van der Waals surface area contributed by atoms with Crippen LogP contribution in [0, 0.1) is 0 Å². The summed E-state index contributed by atoms with van der Waals surface area (Å²) in [5.74, 6) is 0. The Balaban J connectivity index is 1.46. The van der Waals surface area contributed by atoms with Crippen molar-refractivity contribution in [2.24, 2.45) is 0 Å². The maximum Gasteiger partial charge on any atom is -0.00199 e. The van der Waals surface area contributed by atoms with Crippen LogP contribution in [0.25, 0.3) is 87.6 Å². The molecule has 0 atom stereocenters. The summed E-state index contributed by atoms with van der Waals surface area (Å²) in [6.07, 6.45) is 0. The van der Waals surface area contributed by atoms with Gasteiger partial charge in [0.05, 0.1) is 0 Å². The molecular formula is C46H30. The molecule has 0 spiro atoms. The molecule has 0 aromatic heterocycles. The van der Waals surface area contributed by atoms with Crippen LogP contribution >= 0.6 is 0 Å². The second-order valence-electron chi connectivity index (χ2n) is 12.0. The molecule has 0 heteroatoms. The average Bonchev–Trinajstić information content (AvgIpc) is 3.14. The third-order valence-electron chi connectivity index (χ3n) is 9.45. The maximum atomic E-state index is 2.45. The molecule has 9 aromatic rings. The van der Waals surface area contributed by atoms with Crippen molar-refractivity contribution in [2.75, 3.05) is 0 Å². The standard InChI is InChI=1S/C46H30/c1-3-16-32(17-4-1)42-30-43(35-23-9-10-24-37(35)44(42)33-19-5-2-6-20-33)46-40-27-13-11-25-38(40)45(39-26-12-14-28-41(39)46)36-29-15-21-31-18-7-8-22-34(31)36/h1-30H. The minimum Gasteiger partial charge on any atom is -0.0622 e. The third-order valence-corrected chi connectivity index (χ3v) is 9.45. The van der Waals surface area contributed by atoms with E-state index in [1.54, 1.807) is 0 Å². The summed E-state index contributed by atoms with van der Waals surface area (Å²) in [5.41, 5.74) is 10.1. The van der Waals surface area contributed by atoms with Gasteiger partial charge in [0, 0.05) is 0 Å². The van der Waals surface area contributed by atoms with Crippen LogP contribution in [0.2, 0.25) is 0 Å². The zero-order valence-electron chi connectivity index (χ0n) is 25.3. The Morgan fingerprint density at radius 3 is 1.22 bits per heavy atom. The van der Waals surface area contributed by atoms with Gasteiger partial charge in [-0.3, -0.25) is 0 Å². The zero-order chi connectivity index (χ0) is 30.5. The quantitative estimate of drug-likeness (QED) is 0.181. The lowest BCUT2D eigenvalue weighted by Gasteiger charge is -2.22. The Morgan fingerprint density at radius 2 is 0.630 bits per heavy atom. The Kier molecular flexibility index (Phi) is 6.25. The minimum atomic E-state index is 1.22. The summed E-state index contributed by atoms with van der Waals surface area (Å²) in [4.78, 5) is 0. The fourth-order valence-electron chi connectivity index (χ4n) is 7.50. The molecule has 0 nitrogen and oxygen atoms in total. The van der Waals surface area contributed by atoms with E-state index in [0.717, 1.165) is 0 Å². The van der Waals surface area contributed by atoms with Crippen LogP contribution in [-0.2, 0) is 0 Å². The first-order chi connectivity index (χ1) is 22.9. The molecule has 0 saturated carbocycles. The number of benzene rings is 9. The van der Waals surface area contributed by atoms with Gasteiger partial charge in [0.1, 0.15) is 0 Å². The van der Waals surface area contributed by atoms with Gasteiger partial charge in [0.15, 0.2) is 0 Å². The van der Waals surface area contributed by atoms with Gasteiger partial charge in [-0.15, -0.1) is 0 Å². The predicted octanol–water partition coefficient (Wildman–Crippen LogP) is 13.0. The summed E-state index contributed by atoms with van der Waals surface area (Å²) >= 11 is 0. The van der Waals surface area contributed by atoms with E-state index >= 15 is 0 Å². The molecule has 0 aliphatic rings. The van der Waals surface area contributed by atoms with Crippen LogP contribution in [-0.4, -0.2) is 0 Å². The number of hydrogen-bond donors (Lipinski definition) is 0. The first kappa shape index (κ1) is 26.4. The molecule has 0 N–H and O–H groups in total. The monoisotopic (exact) mass is 582 g/mol. The lowest BCUT2D eigenvalue weighted by Crippen LogP contribution is -1.95. The Labute approximate surface area is 268 Å². The van der Waals surface area contributed by atoms with E-state index in [4.69, 9.17) is 0 Å². The first-order valence-corrected chi connectivity index (χ1v) is 16.0. The van der Waals surface area contributed by atoms with Gasteiger partial charge in [-0.2, -0.15) is 0 Å². The van der Waals surface area contributed by atoms with Crippen LogP contribution in [0.3, 0.4) is 0 Å². The number of fused-ring (bicyclic) bond motifs is 4.